The Morgan fingerprint density at radius 3 is 2.89 bits per heavy atom. The summed E-state index contributed by atoms with van der Waals surface area (Å²) >= 11 is 0. The van der Waals surface area contributed by atoms with Crippen molar-refractivity contribution in [1.82, 2.24) is 9.61 Å². The van der Waals surface area contributed by atoms with E-state index in [0.29, 0.717) is 18.7 Å². The Hall–Kier alpha value is -2.08. The second kappa shape index (κ2) is 4.30. The predicted octanol–water partition coefficient (Wildman–Crippen LogP) is 0.869. The molecule has 1 aliphatic rings. The van der Waals surface area contributed by atoms with Gasteiger partial charge in [-0.1, -0.05) is 0 Å². The molecular weight excluding hydrogens is 234 g/mol. The number of anilines is 1. The number of hydrogen-bond acceptors (Lipinski definition) is 4. The average molecular weight is 247 g/mol. The third kappa shape index (κ3) is 1.80. The first kappa shape index (κ1) is 11.0. The summed E-state index contributed by atoms with van der Waals surface area (Å²) in [5, 5.41) is 13.1. The summed E-state index contributed by atoms with van der Waals surface area (Å²) in [7, 11) is 0. The molecule has 0 saturated carbocycles. The lowest BCUT2D eigenvalue weighted by atomic mass is 10.2. The van der Waals surface area contributed by atoms with Gasteiger partial charge in [0.25, 0.3) is 0 Å². The first-order chi connectivity index (χ1) is 8.75. The molecule has 3 rings (SSSR count). The van der Waals surface area contributed by atoms with Gasteiger partial charge in [-0.3, -0.25) is 0 Å². The Bertz CT molecular complexity index is 587. The van der Waals surface area contributed by atoms with Crippen molar-refractivity contribution < 1.29 is 14.6 Å². The number of hydrogen-bond donors (Lipinski definition) is 1. The van der Waals surface area contributed by atoms with Crippen molar-refractivity contribution in [2.45, 2.75) is 0 Å². The van der Waals surface area contributed by atoms with Crippen LogP contribution in [0.1, 0.15) is 10.4 Å². The van der Waals surface area contributed by atoms with Crippen LogP contribution in [0.25, 0.3) is 5.52 Å². The lowest BCUT2D eigenvalue weighted by molar-refractivity contribution is 0.0699. The molecule has 0 atom stereocenters. The smallest absolute Gasteiger partial charge is 0.339 e. The number of morpholine rings is 1. The van der Waals surface area contributed by atoms with Gasteiger partial charge in [0.05, 0.1) is 24.9 Å². The minimum absolute atomic E-state index is 0.227. The molecule has 6 nitrogen and oxygen atoms in total. The quantitative estimate of drug-likeness (QED) is 0.852. The Morgan fingerprint density at radius 1 is 1.39 bits per heavy atom. The van der Waals surface area contributed by atoms with Crippen molar-refractivity contribution in [3.05, 3.63) is 30.1 Å². The molecule has 94 valence electrons. The Morgan fingerprint density at radius 2 is 2.17 bits per heavy atom. The van der Waals surface area contributed by atoms with E-state index in [2.05, 4.69) is 10.00 Å². The minimum Gasteiger partial charge on any atom is -0.478 e. The molecule has 3 heterocycles. The minimum atomic E-state index is -0.955. The van der Waals surface area contributed by atoms with E-state index in [1.165, 1.54) is 6.20 Å². The Kier molecular flexibility index (Phi) is 2.64. The Labute approximate surface area is 103 Å². The first-order valence-corrected chi connectivity index (χ1v) is 5.79. The number of pyridine rings is 1. The molecule has 0 spiro atoms. The number of rotatable bonds is 2. The first-order valence-electron chi connectivity index (χ1n) is 5.79. The summed E-state index contributed by atoms with van der Waals surface area (Å²) in [6.45, 7) is 3.06. The summed E-state index contributed by atoms with van der Waals surface area (Å²) < 4.78 is 6.88. The number of nitrogens with zero attached hydrogens (tertiary/aromatic N) is 3. The van der Waals surface area contributed by atoms with Crippen LogP contribution in [0.4, 0.5) is 5.69 Å². The van der Waals surface area contributed by atoms with Gasteiger partial charge in [-0.15, -0.1) is 0 Å². The van der Waals surface area contributed by atoms with Gasteiger partial charge < -0.3 is 14.7 Å². The molecule has 6 heteroatoms. The van der Waals surface area contributed by atoms with Crippen molar-refractivity contribution in [3.63, 3.8) is 0 Å². The van der Waals surface area contributed by atoms with E-state index < -0.39 is 5.97 Å². The van der Waals surface area contributed by atoms with E-state index in [4.69, 9.17) is 9.84 Å². The second-order valence-electron chi connectivity index (χ2n) is 4.18. The van der Waals surface area contributed by atoms with Crippen molar-refractivity contribution in [1.29, 1.82) is 0 Å². The van der Waals surface area contributed by atoms with Crippen LogP contribution in [0.2, 0.25) is 0 Å². The van der Waals surface area contributed by atoms with Crippen molar-refractivity contribution >= 4 is 17.2 Å². The highest BCUT2D eigenvalue weighted by molar-refractivity contribution is 5.95. The highest BCUT2D eigenvalue weighted by Gasteiger charge is 2.15. The van der Waals surface area contributed by atoms with Crippen LogP contribution < -0.4 is 4.90 Å². The molecule has 2 aromatic rings. The molecule has 0 unspecified atom stereocenters. The number of aromatic nitrogens is 2. The molecule has 2 aromatic heterocycles. The summed E-state index contributed by atoms with van der Waals surface area (Å²) in [6.07, 6.45) is 3.16. The molecule has 1 fully saturated rings. The van der Waals surface area contributed by atoms with Crippen LogP contribution in [0, 0.1) is 0 Å². The van der Waals surface area contributed by atoms with Gasteiger partial charge in [0, 0.05) is 25.0 Å². The molecule has 18 heavy (non-hydrogen) atoms. The molecule has 0 radical (unpaired) electrons. The summed E-state index contributed by atoms with van der Waals surface area (Å²) in [5.41, 5.74) is 1.85. The van der Waals surface area contributed by atoms with Crippen LogP contribution in [-0.4, -0.2) is 47.0 Å². The van der Waals surface area contributed by atoms with Crippen LogP contribution >= 0.6 is 0 Å². The van der Waals surface area contributed by atoms with E-state index in [0.717, 1.165) is 18.8 Å². The lowest BCUT2D eigenvalue weighted by Gasteiger charge is -2.28. The van der Waals surface area contributed by atoms with Gasteiger partial charge >= 0.3 is 5.97 Å². The predicted molar refractivity (Wildman–Crippen MR) is 65.2 cm³/mol. The maximum Gasteiger partial charge on any atom is 0.339 e. The normalized spacial score (nSPS) is 16.1. The molecule has 1 saturated heterocycles. The Balaban J connectivity index is 2.03. The van der Waals surface area contributed by atoms with Crippen LogP contribution in [0.15, 0.2) is 24.5 Å². The van der Waals surface area contributed by atoms with Gasteiger partial charge in [0.15, 0.2) is 0 Å². The second-order valence-corrected chi connectivity index (χ2v) is 4.18. The van der Waals surface area contributed by atoms with Crippen LogP contribution in [0.5, 0.6) is 0 Å². The van der Waals surface area contributed by atoms with Crippen LogP contribution in [-0.2, 0) is 4.74 Å². The third-order valence-corrected chi connectivity index (χ3v) is 3.11. The molecule has 0 aromatic carbocycles. The van der Waals surface area contributed by atoms with Crippen LogP contribution in [0.3, 0.4) is 0 Å². The van der Waals surface area contributed by atoms with Gasteiger partial charge in [0.2, 0.25) is 0 Å². The maximum atomic E-state index is 11.1. The highest BCUT2D eigenvalue weighted by Crippen LogP contribution is 2.20. The van der Waals surface area contributed by atoms with E-state index in [-0.39, 0.29) is 5.56 Å². The van der Waals surface area contributed by atoms with Gasteiger partial charge in [-0.2, -0.15) is 5.10 Å². The highest BCUT2D eigenvalue weighted by atomic mass is 16.5. The molecule has 1 aliphatic heterocycles. The summed E-state index contributed by atoms with van der Waals surface area (Å²) in [5.74, 6) is -0.955. The maximum absolute atomic E-state index is 11.1. The SMILES string of the molecule is O=C(O)c1cnn2ccc(N3CCOCC3)cc12. The fourth-order valence-corrected chi connectivity index (χ4v) is 2.15. The monoisotopic (exact) mass is 247 g/mol. The number of carboxylic acids is 1. The zero-order valence-corrected chi connectivity index (χ0v) is 9.74. The number of aromatic carboxylic acids is 1. The standard InChI is InChI=1S/C12H13N3O3/c16-12(17)10-8-13-15-2-1-9(7-11(10)15)14-3-5-18-6-4-14/h1-2,7-8H,3-6H2,(H,16,17). The third-order valence-electron chi connectivity index (χ3n) is 3.11. The number of carboxylic acid groups (broad SMARTS) is 1. The number of fused-ring (bicyclic) bond motifs is 1. The largest absolute Gasteiger partial charge is 0.478 e. The molecule has 0 aliphatic carbocycles. The number of carbonyl (C=O) groups is 1. The lowest BCUT2D eigenvalue weighted by Crippen LogP contribution is -2.36. The summed E-state index contributed by atoms with van der Waals surface area (Å²) in [4.78, 5) is 13.3. The molecule has 1 N–H and O–H groups in total. The van der Waals surface area contributed by atoms with Crippen molar-refractivity contribution in [3.8, 4) is 0 Å². The van der Waals surface area contributed by atoms with Gasteiger partial charge in [-0.25, -0.2) is 9.31 Å². The van der Waals surface area contributed by atoms with E-state index >= 15 is 0 Å². The van der Waals surface area contributed by atoms with Gasteiger partial charge in [-0.05, 0) is 12.1 Å². The fraction of sp³-hybridized carbons (Fsp3) is 0.333. The fourth-order valence-electron chi connectivity index (χ4n) is 2.15. The molecule has 0 amide bonds. The molecular formula is C12H13N3O3. The zero-order chi connectivity index (χ0) is 12.5. The van der Waals surface area contributed by atoms with E-state index in [1.54, 1.807) is 10.7 Å². The topological polar surface area (TPSA) is 67.1 Å². The van der Waals surface area contributed by atoms with E-state index in [9.17, 15) is 4.79 Å². The molecule has 0 bridgehead atoms. The van der Waals surface area contributed by atoms with E-state index in [1.807, 2.05) is 12.1 Å². The number of ether oxygens (including phenoxy) is 1. The van der Waals surface area contributed by atoms with Crippen molar-refractivity contribution in [2.24, 2.45) is 0 Å². The average Bonchev–Trinajstić information content (AvgIpc) is 2.82. The zero-order valence-electron chi connectivity index (χ0n) is 9.74. The van der Waals surface area contributed by atoms with Crippen molar-refractivity contribution in [2.75, 3.05) is 31.2 Å². The van der Waals surface area contributed by atoms with Gasteiger partial charge in [0.1, 0.15) is 5.56 Å². The summed E-state index contributed by atoms with van der Waals surface area (Å²) in [6, 6.07) is 3.80.